The van der Waals surface area contributed by atoms with Gasteiger partial charge in [0, 0.05) is 15.8 Å². The van der Waals surface area contributed by atoms with E-state index in [1.807, 2.05) is 60.7 Å². The van der Waals surface area contributed by atoms with Crippen molar-refractivity contribution < 1.29 is 34.1 Å². The van der Waals surface area contributed by atoms with Crippen molar-refractivity contribution in [1.82, 2.24) is 0 Å². The Balaban J connectivity index is -0.000000233. The average Bonchev–Trinajstić information content (AvgIpc) is 2.63. The zero-order chi connectivity index (χ0) is 32.4. The van der Waals surface area contributed by atoms with Gasteiger partial charge in [-0.2, -0.15) is 0 Å². The van der Waals surface area contributed by atoms with Gasteiger partial charge in [-0.25, -0.2) is 0 Å². The molecule has 0 saturated heterocycles. The summed E-state index contributed by atoms with van der Waals surface area (Å²) in [5.74, 6) is 0. The SMILES string of the molecule is CC(C)(C)[PH+](C(C)(C)C)C(C)(C)C.CC(C)(C)[PH+](C(C)(C)C)C(C)(C)C.[Cu+].[Cu+].[Se-]c1ccccc1.[Se-]c1ccccc1. The first-order valence-corrected chi connectivity index (χ1v) is 19.4. The first-order valence-electron chi connectivity index (χ1n) is 14.7. The van der Waals surface area contributed by atoms with Crippen molar-refractivity contribution in [2.45, 2.75) is 156 Å². The fourth-order valence-corrected chi connectivity index (χ4v) is 21.8. The van der Waals surface area contributed by atoms with Gasteiger partial charge in [0.05, 0.1) is 30.9 Å². The minimum atomic E-state index is -0.391. The predicted molar refractivity (Wildman–Crippen MR) is 199 cm³/mol. The Morgan fingerprint density at radius 2 is 0.476 bits per heavy atom. The second-order valence-corrected chi connectivity index (χ2v) is 29.4. The van der Waals surface area contributed by atoms with Crippen LogP contribution in [0.4, 0.5) is 0 Å². The molecule has 0 saturated carbocycles. The van der Waals surface area contributed by atoms with Gasteiger partial charge in [-0.3, -0.25) is 0 Å². The van der Waals surface area contributed by atoms with E-state index in [4.69, 9.17) is 0 Å². The molecule has 252 valence electrons. The zero-order valence-electron chi connectivity index (χ0n) is 30.2. The van der Waals surface area contributed by atoms with Gasteiger partial charge < -0.3 is 0 Å². The monoisotopic (exact) mass is 846 g/mol. The standard InChI is InChI=1S/2C12H27P.2C6H6Se.2Cu/c2*1-10(2,3)13(11(4,5)6)12(7,8)9;2*7-6-4-2-1-3-5-6;;/h2*1-9H3;2*1-5,7H;;/q;;;;2*+1. The third-order valence-corrected chi connectivity index (χ3v) is 16.1. The van der Waals surface area contributed by atoms with Crippen molar-refractivity contribution in [2.75, 3.05) is 0 Å². The van der Waals surface area contributed by atoms with Crippen LogP contribution in [0, 0.1) is 0 Å². The third-order valence-electron chi connectivity index (χ3n) is 5.99. The maximum absolute atomic E-state index is 2.90. The van der Waals surface area contributed by atoms with Crippen LogP contribution in [-0.4, -0.2) is 63.0 Å². The maximum atomic E-state index is 2.90. The summed E-state index contributed by atoms with van der Waals surface area (Å²) >= 11 is 5.80. The second kappa shape index (κ2) is 20.6. The fraction of sp³-hybridized carbons (Fsp3) is 0.667. The van der Waals surface area contributed by atoms with Crippen molar-refractivity contribution in [2.24, 2.45) is 0 Å². The second-order valence-electron chi connectivity index (χ2n) is 16.9. The Labute approximate surface area is 304 Å². The summed E-state index contributed by atoms with van der Waals surface area (Å²) in [6, 6.07) is 20.1. The fourth-order valence-electron chi connectivity index (χ4n) is 7.59. The summed E-state index contributed by atoms with van der Waals surface area (Å²) in [6.07, 6.45) is 0. The van der Waals surface area contributed by atoms with E-state index in [1.165, 1.54) is 8.92 Å². The average molecular weight is 846 g/mol. The van der Waals surface area contributed by atoms with Crippen LogP contribution in [0.5, 0.6) is 0 Å². The van der Waals surface area contributed by atoms with Crippen LogP contribution in [0.2, 0.25) is 0 Å². The summed E-state index contributed by atoms with van der Waals surface area (Å²) in [7, 11) is -0.782. The Kier molecular flexibility index (Phi) is 24.6. The molecule has 6 heteroatoms. The van der Waals surface area contributed by atoms with Gasteiger partial charge in [0.2, 0.25) is 0 Å². The van der Waals surface area contributed by atoms with E-state index in [2.05, 4.69) is 157 Å². The Hall–Kier alpha value is 1.38. The first kappa shape index (κ1) is 50.2. The molecule has 0 aliphatic heterocycles. The van der Waals surface area contributed by atoms with E-state index >= 15 is 0 Å². The molecule has 0 N–H and O–H groups in total. The molecule has 0 amide bonds. The molecule has 2 aromatic rings. The summed E-state index contributed by atoms with van der Waals surface area (Å²) in [6.45, 7) is 43.2. The molecule has 0 radical (unpaired) electrons. The summed E-state index contributed by atoms with van der Waals surface area (Å²) in [5.41, 5.74) is 0. The summed E-state index contributed by atoms with van der Waals surface area (Å²) in [4.78, 5) is 0. The van der Waals surface area contributed by atoms with Crippen LogP contribution in [0.1, 0.15) is 125 Å². The van der Waals surface area contributed by atoms with Crippen molar-refractivity contribution in [3.05, 3.63) is 60.7 Å². The zero-order valence-corrected chi connectivity index (χ0v) is 37.5. The molecular weight excluding hydrogens is 779 g/mol. The van der Waals surface area contributed by atoms with Crippen LogP contribution in [0.25, 0.3) is 0 Å². The Bertz CT molecular complexity index is 778. The Morgan fingerprint density at radius 1 is 0.333 bits per heavy atom. The quantitative estimate of drug-likeness (QED) is 0.183. The van der Waals surface area contributed by atoms with E-state index < -0.39 is 15.8 Å². The molecule has 2 rings (SSSR count). The number of benzene rings is 2. The molecule has 0 unspecified atom stereocenters. The van der Waals surface area contributed by atoms with Crippen LogP contribution in [0.3, 0.4) is 0 Å². The molecule has 0 heterocycles. The molecule has 0 fully saturated rings. The van der Waals surface area contributed by atoms with Gasteiger partial charge in [0.25, 0.3) is 0 Å². The molecule has 0 atom stereocenters. The Morgan fingerprint density at radius 3 is 0.524 bits per heavy atom. The van der Waals surface area contributed by atoms with Gasteiger partial charge >= 0.3 is 136 Å². The van der Waals surface area contributed by atoms with E-state index in [0.29, 0.717) is 30.9 Å². The van der Waals surface area contributed by atoms with Crippen LogP contribution in [-0.2, 0) is 34.1 Å². The summed E-state index contributed by atoms with van der Waals surface area (Å²) < 4.78 is 2.39. The number of hydrogen-bond acceptors (Lipinski definition) is 0. The molecule has 0 bridgehead atoms. The third kappa shape index (κ3) is 23.7. The van der Waals surface area contributed by atoms with Crippen LogP contribution < -0.4 is 8.92 Å². The van der Waals surface area contributed by atoms with E-state index in [1.54, 1.807) is 0 Å². The summed E-state index contributed by atoms with van der Waals surface area (Å²) in [5, 5.41) is 2.92. The van der Waals surface area contributed by atoms with Crippen molar-refractivity contribution in [3.8, 4) is 0 Å². The molecule has 0 nitrogen and oxygen atoms in total. The van der Waals surface area contributed by atoms with Gasteiger partial charge in [-0.05, 0) is 125 Å². The van der Waals surface area contributed by atoms with Crippen LogP contribution in [0.15, 0.2) is 60.7 Å². The van der Waals surface area contributed by atoms with Gasteiger partial charge in [0.1, 0.15) is 0 Å². The predicted octanol–water partition coefficient (Wildman–Crippen LogP) is 10.1. The molecule has 0 aliphatic rings. The van der Waals surface area contributed by atoms with Gasteiger partial charge in [-0.15, -0.1) is 0 Å². The topological polar surface area (TPSA) is 0 Å². The van der Waals surface area contributed by atoms with Crippen molar-refractivity contribution >= 4 is 56.8 Å². The molecule has 42 heavy (non-hydrogen) atoms. The molecular formula is C36H66Cu2P2Se2+2. The van der Waals surface area contributed by atoms with E-state index in [-0.39, 0.29) is 34.1 Å². The van der Waals surface area contributed by atoms with Gasteiger partial charge in [-0.1, -0.05) is 0 Å². The van der Waals surface area contributed by atoms with Crippen LogP contribution >= 0.6 is 15.8 Å². The van der Waals surface area contributed by atoms with E-state index in [0.717, 1.165) is 0 Å². The normalized spacial score (nSPS) is 12.3. The minimum absolute atomic E-state index is 0. The van der Waals surface area contributed by atoms with E-state index in [9.17, 15) is 0 Å². The first-order chi connectivity index (χ1) is 17.5. The van der Waals surface area contributed by atoms with Crippen molar-refractivity contribution in [3.63, 3.8) is 0 Å². The van der Waals surface area contributed by atoms with Gasteiger partial charge in [0.15, 0.2) is 0 Å². The number of rotatable bonds is 0. The molecule has 0 aromatic heterocycles. The number of hydrogen-bond donors (Lipinski definition) is 0. The molecule has 2 aromatic carbocycles. The molecule has 0 aliphatic carbocycles. The molecule has 0 spiro atoms. The van der Waals surface area contributed by atoms with Crippen molar-refractivity contribution in [1.29, 1.82) is 0 Å².